The van der Waals surface area contributed by atoms with Crippen LogP contribution in [0.1, 0.15) is 26.7 Å². The van der Waals surface area contributed by atoms with Crippen LogP contribution >= 0.6 is 35.0 Å². The third-order valence-corrected chi connectivity index (χ3v) is 3.42. The molecule has 2 nitrogen and oxygen atoms in total. The van der Waals surface area contributed by atoms with Crippen LogP contribution in [0.5, 0.6) is 0 Å². The van der Waals surface area contributed by atoms with Crippen molar-refractivity contribution in [3.05, 3.63) is 11.6 Å². The van der Waals surface area contributed by atoms with Gasteiger partial charge in [0.05, 0.1) is 15.8 Å². The summed E-state index contributed by atoms with van der Waals surface area (Å²) in [6.07, 6.45) is 1.92. The summed E-state index contributed by atoms with van der Waals surface area (Å²) in [6, 6.07) is 0. The quantitative estimate of drug-likeness (QED) is 0.331. The van der Waals surface area contributed by atoms with Crippen LogP contribution < -0.4 is 0 Å². The van der Waals surface area contributed by atoms with Crippen LogP contribution in [-0.4, -0.2) is 22.0 Å². The van der Waals surface area contributed by atoms with Crippen LogP contribution in [0.2, 0.25) is 0 Å². The number of aliphatic imine (C=N–C) groups is 1. The van der Waals surface area contributed by atoms with E-state index in [9.17, 15) is 0 Å². The van der Waals surface area contributed by atoms with E-state index in [4.69, 9.17) is 28.6 Å². The third-order valence-electron chi connectivity index (χ3n) is 1.56. The molecule has 0 radical (unpaired) electrons. The minimum absolute atomic E-state index is 0.0707. The number of thioether (sulfide) groups is 1. The molecule has 0 fully saturated rings. The second-order valence-corrected chi connectivity index (χ2v) is 4.92. The Morgan fingerprint density at radius 2 is 2.13 bits per heavy atom. The maximum atomic E-state index is 7.52. The molecule has 0 aliphatic rings. The van der Waals surface area contributed by atoms with Crippen molar-refractivity contribution in [2.24, 2.45) is 4.99 Å². The van der Waals surface area contributed by atoms with Crippen molar-refractivity contribution < 1.29 is 0 Å². The molecule has 1 atom stereocenters. The van der Waals surface area contributed by atoms with Gasteiger partial charge in [-0.1, -0.05) is 43.6 Å². The summed E-state index contributed by atoms with van der Waals surface area (Å²) >= 11 is 13.2. The number of nitrogens with zero attached hydrogens (tertiary/aromatic N) is 1. The SMILES string of the molecule is C=C(Cl)C(=N)C(Cl)N=C(CC)SCCC. The summed E-state index contributed by atoms with van der Waals surface area (Å²) in [5, 5.41) is 8.62. The van der Waals surface area contributed by atoms with Gasteiger partial charge in [0.25, 0.3) is 0 Å². The Kier molecular flexibility index (Phi) is 8.20. The van der Waals surface area contributed by atoms with Crippen molar-refractivity contribution in [1.82, 2.24) is 0 Å². The maximum absolute atomic E-state index is 7.52. The molecule has 15 heavy (non-hydrogen) atoms. The zero-order valence-corrected chi connectivity index (χ0v) is 11.3. The molecule has 0 aromatic heterocycles. The topological polar surface area (TPSA) is 36.2 Å². The van der Waals surface area contributed by atoms with Crippen molar-refractivity contribution >= 4 is 45.7 Å². The molecule has 0 saturated carbocycles. The Bertz CT molecular complexity index is 264. The lowest BCUT2D eigenvalue weighted by Gasteiger charge is -2.08. The molecule has 0 amide bonds. The fourth-order valence-corrected chi connectivity index (χ4v) is 2.06. The second-order valence-electron chi connectivity index (χ2n) is 2.88. The first-order chi connectivity index (χ1) is 7.02. The van der Waals surface area contributed by atoms with E-state index in [0.29, 0.717) is 0 Å². The summed E-state index contributed by atoms with van der Waals surface area (Å²) < 4.78 is 0. The molecule has 0 aromatic carbocycles. The summed E-state index contributed by atoms with van der Waals surface area (Å²) in [5.74, 6) is 1.02. The Balaban J connectivity index is 4.40. The van der Waals surface area contributed by atoms with E-state index in [1.54, 1.807) is 11.8 Å². The monoisotopic (exact) mass is 266 g/mol. The standard InChI is InChI=1S/C10H16Cl2N2S/c1-4-6-15-8(5-2)14-10(12)9(13)7(3)11/h10,13H,3-6H2,1-2H3. The zero-order valence-electron chi connectivity index (χ0n) is 9.02. The molecule has 86 valence electrons. The predicted octanol–water partition coefficient (Wildman–Crippen LogP) is 4.28. The first-order valence-corrected chi connectivity index (χ1v) is 6.59. The van der Waals surface area contributed by atoms with Crippen molar-refractivity contribution in [1.29, 1.82) is 5.41 Å². The number of rotatable bonds is 6. The predicted molar refractivity (Wildman–Crippen MR) is 72.8 cm³/mol. The van der Waals surface area contributed by atoms with Crippen LogP contribution in [0.25, 0.3) is 0 Å². The molecule has 0 aliphatic carbocycles. The third kappa shape index (κ3) is 6.23. The average Bonchev–Trinajstić information content (AvgIpc) is 2.22. The average molecular weight is 267 g/mol. The number of halogens is 2. The molecular weight excluding hydrogens is 251 g/mol. The van der Waals surface area contributed by atoms with E-state index in [1.165, 1.54) is 0 Å². The Hall–Kier alpha value is 0.01000. The smallest absolute Gasteiger partial charge is 0.167 e. The van der Waals surface area contributed by atoms with E-state index in [1.807, 2.05) is 6.92 Å². The van der Waals surface area contributed by atoms with E-state index in [0.717, 1.165) is 23.6 Å². The van der Waals surface area contributed by atoms with Gasteiger partial charge in [-0.15, -0.1) is 11.8 Å². The Morgan fingerprint density at radius 1 is 1.53 bits per heavy atom. The molecule has 0 bridgehead atoms. The molecule has 0 saturated heterocycles. The normalized spacial score (nSPS) is 13.7. The maximum Gasteiger partial charge on any atom is 0.167 e. The summed E-state index contributed by atoms with van der Waals surface area (Å²) in [5.41, 5.74) is -0.643. The molecule has 0 aliphatic heterocycles. The van der Waals surface area contributed by atoms with Gasteiger partial charge in [0.2, 0.25) is 0 Å². The molecule has 1 N–H and O–H groups in total. The highest BCUT2D eigenvalue weighted by Crippen LogP contribution is 2.15. The number of hydrogen-bond donors (Lipinski definition) is 1. The highest BCUT2D eigenvalue weighted by Gasteiger charge is 2.12. The van der Waals surface area contributed by atoms with Crippen molar-refractivity contribution in [3.63, 3.8) is 0 Å². The minimum Gasteiger partial charge on any atom is -0.300 e. The van der Waals surface area contributed by atoms with Crippen LogP contribution in [0.15, 0.2) is 16.6 Å². The number of alkyl halides is 1. The van der Waals surface area contributed by atoms with Crippen LogP contribution in [-0.2, 0) is 0 Å². The second kappa shape index (κ2) is 8.20. The van der Waals surface area contributed by atoms with E-state index in [2.05, 4.69) is 18.5 Å². The Morgan fingerprint density at radius 3 is 2.53 bits per heavy atom. The molecule has 0 spiro atoms. The summed E-state index contributed by atoms with van der Waals surface area (Å²) in [7, 11) is 0. The first-order valence-electron chi connectivity index (χ1n) is 4.79. The van der Waals surface area contributed by atoms with Gasteiger partial charge < -0.3 is 5.41 Å². The van der Waals surface area contributed by atoms with Crippen molar-refractivity contribution in [2.45, 2.75) is 32.2 Å². The van der Waals surface area contributed by atoms with E-state index < -0.39 is 5.50 Å². The van der Waals surface area contributed by atoms with Crippen molar-refractivity contribution in [3.8, 4) is 0 Å². The van der Waals surface area contributed by atoms with Crippen LogP contribution in [0.3, 0.4) is 0 Å². The lowest BCUT2D eigenvalue weighted by Crippen LogP contribution is -2.12. The van der Waals surface area contributed by atoms with Gasteiger partial charge in [-0.3, -0.25) is 4.99 Å². The molecular formula is C10H16Cl2N2S. The first kappa shape index (κ1) is 15.0. The van der Waals surface area contributed by atoms with Gasteiger partial charge in [-0.05, 0) is 18.6 Å². The van der Waals surface area contributed by atoms with Gasteiger partial charge in [0.15, 0.2) is 5.50 Å². The van der Waals surface area contributed by atoms with Gasteiger partial charge in [0.1, 0.15) is 0 Å². The highest BCUT2D eigenvalue weighted by atomic mass is 35.5. The molecule has 1 unspecified atom stereocenters. The molecule has 0 aromatic rings. The fourth-order valence-electron chi connectivity index (χ4n) is 0.771. The van der Waals surface area contributed by atoms with Gasteiger partial charge in [-0.25, -0.2) is 0 Å². The summed E-state index contributed by atoms with van der Waals surface area (Å²) in [4.78, 5) is 4.23. The van der Waals surface area contributed by atoms with E-state index >= 15 is 0 Å². The van der Waals surface area contributed by atoms with Gasteiger partial charge in [-0.2, -0.15) is 0 Å². The van der Waals surface area contributed by atoms with Crippen LogP contribution in [0, 0.1) is 5.41 Å². The van der Waals surface area contributed by atoms with Crippen molar-refractivity contribution in [2.75, 3.05) is 5.75 Å². The Labute approximate surface area is 106 Å². The molecule has 0 heterocycles. The van der Waals surface area contributed by atoms with E-state index in [-0.39, 0.29) is 10.7 Å². The summed E-state index contributed by atoms with van der Waals surface area (Å²) in [6.45, 7) is 7.58. The lowest BCUT2D eigenvalue weighted by molar-refractivity contribution is 1.11. The highest BCUT2D eigenvalue weighted by molar-refractivity contribution is 8.13. The largest absolute Gasteiger partial charge is 0.300 e. The van der Waals surface area contributed by atoms with Crippen LogP contribution in [0.4, 0.5) is 0 Å². The number of nitrogens with one attached hydrogen (secondary N) is 1. The fraction of sp³-hybridized carbons (Fsp3) is 0.600. The molecule has 5 heteroatoms. The van der Waals surface area contributed by atoms with Gasteiger partial charge >= 0.3 is 0 Å². The van der Waals surface area contributed by atoms with Gasteiger partial charge in [0, 0.05) is 0 Å². The lowest BCUT2D eigenvalue weighted by atomic mass is 10.3. The molecule has 0 rings (SSSR count). The zero-order chi connectivity index (χ0) is 11.8. The minimum atomic E-state index is -0.714. The number of hydrogen-bond acceptors (Lipinski definition) is 3.